The highest BCUT2D eigenvalue weighted by Crippen LogP contribution is 2.42. The van der Waals surface area contributed by atoms with E-state index in [1.807, 2.05) is 32.6 Å². The maximum absolute atomic E-state index is 11.9. The first-order valence-corrected chi connectivity index (χ1v) is 8.31. The number of rotatable bonds is 6. The number of ketones is 1. The van der Waals surface area contributed by atoms with Crippen LogP contribution in [0.4, 0.5) is 10.7 Å². The number of carbonyl (C=O) groups is 1. The van der Waals surface area contributed by atoms with Crippen LogP contribution in [0, 0.1) is 0 Å². The standard InChI is InChI=1S/C13H18N4OS2/c1-4-9(18)11-10(14)12(19-3)13(20-11)15-5-8-6-16-17(2)7-8/h6-7,15H,4-5,14H2,1-3H3. The molecule has 108 valence electrons. The van der Waals surface area contributed by atoms with E-state index in [2.05, 4.69) is 10.4 Å². The van der Waals surface area contributed by atoms with Gasteiger partial charge in [0.2, 0.25) is 0 Å². The first-order valence-electron chi connectivity index (χ1n) is 6.27. The van der Waals surface area contributed by atoms with Gasteiger partial charge in [-0.2, -0.15) is 5.10 Å². The Morgan fingerprint density at radius 2 is 2.35 bits per heavy atom. The summed E-state index contributed by atoms with van der Waals surface area (Å²) in [5, 5.41) is 8.43. The molecule has 0 amide bonds. The molecule has 2 aromatic rings. The van der Waals surface area contributed by atoms with Crippen LogP contribution in [0.5, 0.6) is 0 Å². The largest absolute Gasteiger partial charge is 0.396 e. The SMILES string of the molecule is CCC(=O)c1sc(NCc2cnn(C)c2)c(SC)c1N. The lowest BCUT2D eigenvalue weighted by atomic mass is 10.2. The maximum atomic E-state index is 11.9. The molecule has 0 aliphatic rings. The van der Waals surface area contributed by atoms with Crippen molar-refractivity contribution in [3.05, 3.63) is 22.8 Å². The first kappa shape index (κ1) is 14.9. The van der Waals surface area contributed by atoms with Gasteiger partial charge in [0, 0.05) is 31.8 Å². The van der Waals surface area contributed by atoms with Crippen LogP contribution in [0.3, 0.4) is 0 Å². The smallest absolute Gasteiger partial charge is 0.174 e. The number of aromatic nitrogens is 2. The Kier molecular flexibility index (Phi) is 4.72. The lowest BCUT2D eigenvalue weighted by molar-refractivity contribution is 0.0992. The summed E-state index contributed by atoms with van der Waals surface area (Å²) in [4.78, 5) is 13.5. The second kappa shape index (κ2) is 6.32. The van der Waals surface area contributed by atoms with Gasteiger partial charge in [0.15, 0.2) is 5.78 Å². The van der Waals surface area contributed by atoms with Gasteiger partial charge < -0.3 is 11.1 Å². The summed E-state index contributed by atoms with van der Waals surface area (Å²) in [6.07, 6.45) is 6.22. The predicted octanol–water partition coefficient (Wildman–Crippen LogP) is 2.99. The number of carbonyl (C=O) groups excluding carboxylic acids is 1. The number of nitrogen functional groups attached to an aromatic ring is 1. The second-order valence-electron chi connectivity index (χ2n) is 4.36. The topological polar surface area (TPSA) is 72.9 Å². The van der Waals surface area contributed by atoms with Crippen molar-refractivity contribution in [2.75, 3.05) is 17.3 Å². The number of aryl methyl sites for hydroxylation is 1. The average molecular weight is 310 g/mol. The van der Waals surface area contributed by atoms with E-state index in [1.165, 1.54) is 11.3 Å². The van der Waals surface area contributed by atoms with E-state index in [1.54, 1.807) is 16.4 Å². The number of anilines is 2. The Balaban J connectivity index is 2.20. The van der Waals surface area contributed by atoms with Gasteiger partial charge in [0.1, 0.15) is 5.00 Å². The molecule has 0 spiro atoms. The summed E-state index contributed by atoms with van der Waals surface area (Å²) in [5.74, 6) is 0.0947. The van der Waals surface area contributed by atoms with Gasteiger partial charge in [-0.1, -0.05) is 6.92 Å². The van der Waals surface area contributed by atoms with Crippen molar-refractivity contribution in [2.24, 2.45) is 7.05 Å². The average Bonchev–Trinajstić information content (AvgIpc) is 2.99. The molecular formula is C13H18N4OS2. The molecule has 2 rings (SSSR count). The van der Waals surface area contributed by atoms with Crippen molar-refractivity contribution in [3.8, 4) is 0 Å². The molecule has 5 nitrogen and oxygen atoms in total. The quantitative estimate of drug-likeness (QED) is 0.634. The third kappa shape index (κ3) is 2.99. The third-order valence-corrected chi connectivity index (χ3v) is 5.06. The minimum absolute atomic E-state index is 0.0947. The molecule has 3 N–H and O–H groups in total. The molecule has 7 heteroatoms. The van der Waals surface area contributed by atoms with Crippen LogP contribution in [0.1, 0.15) is 28.6 Å². The number of thioether (sulfide) groups is 1. The van der Waals surface area contributed by atoms with Crippen molar-refractivity contribution < 1.29 is 4.79 Å². The minimum Gasteiger partial charge on any atom is -0.396 e. The monoisotopic (exact) mass is 310 g/mol. The fourth-order valence-corrected chi connectivity index (χ4v) is 3.90. The number of thiophene rings is 1. The summed E-state index contributed by atoms with van der Waals surface area (Å²) in [6, 6.07) is 0. The Bertz CT molecular complexity index is 618. The van der Waals surface area contributed by atoms with Crippen molar-refractivity contribution >= 4 is 39.6 Å². The zero-order valence-corrected chi connectivity index (χ0v) is 13.4. The molecule has 0 atom stereocenters. The molecule has 0 aliphatic carbocycles. The normalized spacial score (nSPS) is 10.8. The molecule has 0 aliphatic heterocycles. The lowest BCUT2D eigenvalue weighted by Crippen LogP contribution is -1.98. The molecule has 2 heterocycles. The summed E-state index contributed by atoms with van der Waals surface area (Å²) < 4.78 is 1.77. The van der Waals surface area contributed by atoms with Gasteiger partial charge in [-0.05, 0) is 6.26 Å². The fraction of sp³-hybridized carbons (Fsp3) is 0.385. The Labute approximate surface area is 126 Å². The van der Waals surface area contributed by atoms with Crippen LogP contribution in [-0.4, -0.2) is 21.8 Å². The Morgan fingerprint density at radius 3 is 2.90 bits per heavy atom. The van der Waals surface area contributed by atoms with Crippen molar-refractivity contribution in [1.82, 2.24) is 9.78 Å². The molecule has 20 heavy (non-hydrogen) atoms. The van der Waals surface area contributed by atoms with E-state index in [0.717, 1.165) is 15.5 Å². The van der Waals surface area contributed by atoms with E-state index < -0.39 is 0 Å². The zero-order chi connectivity index (χ0) is 14.7. The van der Waals surface area contributed by atoms with E-state index in [4.69, 9.17) is 5.73 Å². The van der Waals surface area contributed by atoms with E-state index in [0.29, 0.717) is 23.5 Å². The molecule has 0 aromatic carbocycles. The van der Waals surface area contributed by atoms with E-state index in [9.17, 15) is 4.79 Å². The summed E-state index contributed by atoms with van der Waals surface area (Å²) in [7, 11) is 1.89. The summed E-state index contributed by atoms with van der Waals surface area (Å²) in [5.41, 5.74) is 7.77. The summed E-state index contributed by atoms with van der Waals surface area (Å²) >= 11 is 3.00. The number of nitrogens with one attached hydrogen (secondary N) is 1. The molecule has 2 aromatic heterocycles. The van der Waals surface area contributed by atoms with Crippen LogP contribution in [0.2, 0.25) is 0 Å². The number of nitrogens with zero attached hydrogens (tertiary/aromatic N) is 2. The van der Waals surface area contributed by atoms with Gasteiger partial charge >= 0.3 is 0 Å². The van der Waals surface area contributed by atoms with Crippen LogP contribution in [-0.2, 0) is 13.6 Å². The predicted molar refractivity (Wildman–Crippen MR) is 85.7 cm³/mol. The zero-order valence-electron chi connectivity index (χ0n) is 11.8. The van der Waals surface area contributed by atoms with E-state index in [-0.39, 0.29) is 5.78 Å². The van der Waals surface area contributed by atoms with Crippen molar-refractivity contribution in [1.29, 1.82) is 0 Å². The molecule has 0 saturated carbocycles. The molecule has 0 unspecified atom stereocenters. The van der Waals surface area contributed by atoms with Gasteiger partial charge in [-0.3, -0.25) is 9.48 Å². The highest BCUT2D eigenvalue weighted by atomic mass is 32.2. The van der Waals surface area contributed by atoms with Crippen LogP contribution < -0.4 is 11.1 Å². The molecule has 0 radical (unpaired) electrons. The van der Waals surface area contributed by atoms with Gasteiger partial charge in [-0.15, -0.1) is 23.1 Å². The number of hydrogen-bond acceptors (Lipinski definition) is 6. The third-order valence-electron chi connectivity index (χ3n) is 2.89. The van der Waals surface area contributed by atoms with Crippen molar-refractivity contribution in [2.45, 2.75) is 24.8 Å². The second-order valence-corrected chi connectivity index (χ2v) is 6.20. The fourth-order valence-electron chi connectivity index (χ4n) is 1.86. The highest BCUT2D eigenvalue weighted by Gasteiger charge is 2.19. The van der Waals surface area contributed by atoms with Gasteiger partial charge in [0.25, 0.3) is 0 Å². The van der Waals surface area contributed by atoms with Gasteiger partial charge in [0.05, 0.1) is 21.7 Å². The first-order chi connectivity index (χ1) is 9.56. The molecular weight excluding hydrogens is 292 g/mol. The Morgan fingerprint density at radius 1 is 1.60 bits per heavy atom. The summed E-state index contributed by atoms with van der Waals surface area (Å²) in [6.45, 7) is 2.52. The van der Waals surface area contributed by atoms with Crippen LogP contribution >= 0.6 is 23.1 Å². The van der Waals surface area contributed by atoms with E-state index >= 15 is 0 Å². The number of hydrogen-bond donors (Lipinski definition) is 2. The molecule has 0 fully saturated rings. The highest BCUT2D eigenvalue weighted by molar-refractivity contribution is 7.99. The van der Waals surface area contributed by atoms with Crippen LogP contribution in [0.15, 0.2) is 17.3 Å². The number of Topliss-reactive ketones (excluding diaryl/α,β-unsaturated/α-hetero) is 1. The van der Waals surface area contributed by atoms with Crippen molar-refractivity contribution in [3.63, 3.8) is 0 Å². The molecule has 0 saturated heterocycles. The minimum atomic E-state index is 0.0947. The lowest BCUT2D eigenvalue weighted by Gasteiger charge is -2.04. The number of nitrogens with two attached hydrogens (primary N) is 1. The van der Waals surface area contributed by atoms with Crippen LogP contribution in [0.25, 0.3) is 0 Å². The van der Waals surface area contributed by atoms with Gasteiger partial charge in [-0.25, -0.2) is 0 Å². The Hall–Kier alpha value is -1.47. The molecule has 0 bridgehead atoms. The maximum Gasteiger partial charge on any atom is 0.174 e.